The Hall–Kier alpha value is -0.510. The molecule has 0 spiro atoms. The Morgan fingerprint density at radius 3 is 2.37 bits per heavy atom. The van der Waals surface area contributed by atoms with E-state index in [1.54, 1.807) is 6.07 Å². The molecule has 100 valence electrons. The zero-order chi connectivity index (χ0) is 13.4. The van der Waals surface area contributed by atoms with Crippen molar-refractivity contribution in [2.75, 3.05) is 0 Å². The summed E-state index contributed by atoms with van der Waals surface area (Å²) in [5.41, 5.74) is 0.808. The number of carbonyl (C=O) groups is 1. The van der Waals surface area contributed by atoms with E-state index in [1.165, 1.54) is 37.8 Å². The number of benzene rings is 1. The summed E-state index contributed by atoms with van der Waals surface area (Å²) in [6, 6.07) is 4.38. The SMILES string of the molecule is CCCCCCCCc1ccc(C(=O)O)cc1[O-].[Na+]. The summed E-state index contributed by atoms with van der Waals surface area (Å²) in [5.74, 6) is -1.19. The fourth-order valence-corrected chi connectivity index (χ4v) is 1.99. The van der Waals surface area contributed by atoms with E-state index >= 15 is 0 Å². The van der Waals surface area contributed by atoms with Crippen LogP contribution in [0.5, 0.6) is 5.75 Å². The molecule has 0 saturated carbocycles. The molecule has 1 aromatic carbocycles. The smallest absolute Gasteiger partial charge is 0.872 e. The van der Waals surface area contributed by atoms with Crippen LogP contribution >= 0.6 is 0 Å². The van der Waals surface area contributed by atoms with E-state index in [1.807, 2.05) is 0 Å². The van der Waals surface area contributed by atoms with Gasteiger partial charge >= 0.3 is 35.5 Å². The Labute approximate surface area is 137 Å². The molecule has 0 saturated heterocycles. The number of hydrogen-bond donors (Lipinski definition) is 1. The van der Waals surface area contributed by atoms with Crippen molar-refractivity contribution in [3.63, 3.8) is 0 Å². The van der Waals surface area contributed by atoms with Crippen molar-refractivity contribution in [1.29, 1.82) is 0 Å². The summed E-state index contributed by atoms with van der Waals surface area (Å²) in [5, 5.41) is 20.4. The van der Waals surface area contributed by atoms with Gasteiger partial charge in [-0.15, -0.1) is 5.75 Å². The van der Waals surface area contributed by atoms with Gasteiger partial charge in [-0.25, -0.2) is 4.79 Å². The molecule has 0 fully saturated rings. The molecule has 1 N–H and O–H groups in total. The molecule has 0 aliphatic carbocycles. The molecule has 0 atom stereocenters. The normalized spacial score (nSPS) is 9.95. The standard InChI is InChI=1S/C15H22O3.Na/c1-2-3-4-5-6-7-8-12-9-10-13(15(17)18)11-14(12)16;/h9-11,16H,2-8H2,1H3,(H,17,18);/q;+1/p-1. The summed E-state index contributed by atoms with van der Waals surface area (Å²) in [6.07, 6.45) is 7.89. The fraction of sp³-hybridized carbons (Fsp3) is 0.533. The van der Waals surface area contributed by atoms with Crippen LogP contribution in [-0.4, -0.2) is 11.1 Å². The van der Waals surface area contributed by atoms with E-state index in [0.717, 1.165) is 24.8 Å². The minimum absolute atomic E-state index is 0. The van der Waals surface area contributed by atoms with Crippen LogP contribution in [0.15, 0.2) is 18.2 Å². The van der Waals surface area contributed by atoms with E-state index < -0.39 is 5.97 Å². The molecule has 0 radical (unpaired) electrons. The number of unbranched alkanes of at least 4 members (excludes halogenated alkanes) is 5. The van der Waals surface area contributed by atoms with Crippen LogP contribution in [0.4, 0.5) is 0 Å². The summed E-state index contributed by atoms with van der Waals surface area (Å²) >= 11 is 0. The van der Waals surface area contributed by atoms with E-state index in [-0.39, 0.29) is 40.9 Å². The second-order valence-electron chi connectivity index (χ2n) is 4.65. The third-order valence-electron chi connectivity index (χ3n) is 3.11. The van der Waals surface area contributed by atoms with Crippen molar-refractivity contribution in [2.45, 2.75) is 51.9 Å². The van der Waals surface area contributed by atoms with Gasteiger partial charge in [0.15, 0.2) is 0 Å². The number of rotatable bonds is 8. The molecular weight excluding hydrogens is 251 g/mol. The topological polar surface area (TPSA) is 60.4 Å². The maximum absolute atomic E-state index is 11.6. The van der Waals surface area contributed by atoms with Crippen LogP contribution in [0.2, 0.25) is 0 Å². The average Bonchev–Trinajstić information content (AvgIpc) is 2.35. The summed E-state index contributed by atoms with van der Waals surface area (Å²) in [6.45, 7) is 2.19. The first kappa shape index (κ1) is 18.5. The summed E-state index contributed by atoms with van der Waals surface area (Å²) < 4.78 is 0. The van der Waals surface area contributed by atoms with Gasteiger partial charge < -0.3 is 10.2 Å². The Balaban J connectivity index is 0.00000324. The first-order valence-electron chi connectivity index (χ1n) is 6.68. The van der Waals surface area contributed by atoms with E-state index in [9.17, 15) is 9.90 Å². The van der Waals surface area contributed by atoms with E-state index in [2.05, 4.69) is 6.92 Å². The minimum atomic E-state index is -1.04. The molecule has 0 aliphatic rings. The average molecular weight is 272 g/mol. The van der Waals surface area contributed by atoms with Crippen LogP contribution in [0.1, 0.15) is 61.4 Å². The van der Waals surface area contributed by atoms with Crippen LogP contribution < -0.4 is 34.7 Å². The van der Waals surface area contributed by atoms with Gasteiger partial charge in [-0.1, -0.05) is 56.7 Å². The van der Waals surface area contributed by atoms with Crippen molar-refractivity contribution in [3.8, 4) is 5.75 Å². The predicted octanol–water partition coefficient (Wildman–Crippen LogP) is 0.365. The number of carboxylic acids is 1. The van der Waals surface area contributed by atoms with Gasteiger partial charge in [0.2, 0.25) is 0 Å². The molecule has 3 nitrogen and oxygen atoms in total. The molecule has 0 aliphatic heterocycles. The van der Waals surface area contributed by atoms with Gasteiger partial charge in [-0.3, -0.25) is 0 Å². The molecule has 0 aromatic heterocycles. The molecule has 0 bridgehead atoms. The van der Waals surface area contributed by atoms with Gasteiger partial charge in [-0.2, -0.15) is 0 Å². The maximum atomic E-state index is 11.6. The molecule has 0 heterocycles. The first-order valence-corrected chi connectivity index (χ1v) is 6.68. The van der Waals surface area contributed by atoms with E-state index in [4.69, 9.17) is 5.11 Å². The Bertz CT molecular complexity index is 391. The zero-order valence-corrected chi connectivity index (χ0v) is 13.9. The van der Waals surface area contributed by atoms with Gasteiger partial charge in [-0.05, 0) is 18.9 Å². The zero-order valence-electron chi connectivity index (χ0n) is 11.9. The molecule has 1 aromatic rings. The largest absolute Gasteiger partial charge is 1.00 e. The fourth-order valence-electron chi connectivity index (χ4n) is 1.99. The summed E-state index contributed by atoms with van der Waals surface area (Å²) in [4.78, 5) is 10.7. The van der Waals surface area contributed by atoms with Gasteiger partial charge in [0.25, 0.3) is 0 Å². The van der Waals surface area contributed by atoms with Crippen LogP contribution in [0.3, 0.4) is 0 Å². The Morgan fingerprint density at radius 2 is 1.79 bits per heavy atom. The van der Waals surface area contributed by atoms with Crippen molar-refractivity contribution in [1.82, 2.24) is 0 Å². The number of aromatic carboxylic acids is 1. The molecule has 4 heteroatoms. The monoisotopic (exact) mass is 272 g/mol. The predicted molar refractivity (Wildman–Crippen MR) is 69.9 cm³/mol. The van der Waals surface area contributed by atoms with Crippen molar-refractivity contribution in [2.24, 2.45) is 0 Å². The molecule has 1 rings (SSSR count). The van der Waals surface area contributed by atoms with Crippen LogP contribution in [-0.2, 0) is 6.42 Å². The molecule has 0 amide bonds. The second kappa shape index (κ2) is 10.3. The third kappa shape index (κ3) is 7.00. The number of aryl methyl sites for hydroxylation is 1. The Morgan fingerprint density at radius 1 is 1.16 bits per heavy atom. The van der Waals surface area contributed by atoms with Gasteiger partial charge in [0, 0.05) is 0 Å². The molecule has 19 heavy (non-hydrogen) atoms. The Kier molecular flexibility index (Phi) is 10.0. The maximum Gasteiger partial charge on any atom is 1.00 e. The van der Waals surface area contributed by atoms with Gasteiger partial charge in [0.1, 0.15) is 0 Å². The molecule has 0 unspecified atom stereocenters. The third-order valence-corrected chi connectivity index (χ3v) is 3.11. The van der Waals surface area contributed by atoms with Crippen LogP contribution in [0, 0.1) is 0 Å². The minimum Gasteiger partial charge on any atom is -0.872 e. The second-order valence-corrected chi connectivity index (χ2v) is 4.65. The van der Waals surface area contributed by atoms with Crippen molar-refractivity contribution < 1.29 is 44.6 Å². The van der Waals surface area contributed by atoms with Crippen molar-refractivity contribution in [3.05, 3.63) is 29.3 Å². The van der Waals surface area contributed by atoms with Crippen LogP contribution in [0.25, 0.3) is 0 Å². The number of hydrogen-bond acceptors (Lipinski definition) is 2. The quantitative estimate of drug-likeness (QED) is 0.549. The molecular formula is C15H21NaO3. The van der Waals surface area contributed by atoms with Crippen molar-refractivity contribution >= 4 is 5.97 Å². The van der Waals surface area contributed by atoms with E-state index in [0.29, 0.717) is 0 Å². The van der Waals surface area contributed by atoms with Gasteiger partial charge in [0.05, 0.1) is 5.56 Å². The first-order chi connectivity index (χ1) is 8.65. The number of carboxylic acid groups (broad SMARTS) is 1. The summed E-state index contributed by atoms with van der Waals surface area (Å²) in [7, 11) is 0.